The number of carbonyl (C=O) groups excluding carboxylic acids is 2. The molecule has 0 bridgehead atoms. The van der Waals surface area contributed by atoms with Crippen LogP contribution in [0.15, 0.2) is 42.5 Å². The summed E-state index contributed by atoms with van der Waals surface area (Å²) >= 11 is 0. The van der Waals surface area contributed by atoms with Gasteiger partial charge in [0, 0.05) is 11.4 Å². The van der Waals surface area contributed by atoms with Crippen LogP contribution in [0.1, 0.15) is 16.7 Å². The van der Waals surface area contributed by atoms with Crippen LogP contribution >= 0.6 is 0 Å². The van der Waals surface area contributed by atoms with Crippen LogP contribution in [0.4, 0.5) is 24.5 Å². The lowest BCUT2D eigenvalue weighted by molar-refractivity contribution is -0.862. The van der Waals surface area contributed by atoms with Gasteiger partial charge in [-0.1, -0.05) is 18.2 Å². The molecule has 1 unspecified atom stereocenters. The molecule has 0 aliphatic rings. The van der Waals surface area contributed by atoms with Gasteiger partial charge in [0.1, 0.15) is 0 Å². The van der Waals surface area contributed by atoms with Crippen LogP contribution in [0.3, 0.4) is 0 Å². The lowest BCUT2D eigenvalue weighted by Gasteiger charge is -2.15. The number of anilines is 2. The predicted molar refractivity (Wildman–Crippen MR) is 101 cm³/mol. The molecule has 0 saturated carbocycles. The van der Waals surface area contributed by atoms with Crippen LogP contribution in [0.2, 0.25) is 0 Å². The van der Waals surface area contributed by atoms with E-state index in [1.807, 2.05) is 32.0 Å². The number of alkyl halides is 3. The largest absolute Gasteiger partial charge is 0.416 e. The minimum Gasteiger partial charge on any atom is -0.322 e. The van der Waals surface area contributed by atoms with Crippen LogP contribution in [0.5, 0.6) is 0 Å². The summed E-state index contributed by atoms with van der Waals surface area (Å²) in [5.41, 5.74) is 2.15. The van der Waals surface area contributed by atoms with Crippen molar-refractivity contribution in [3.63, 3.8) is 0 Å². The van der Waals surface area contributed by atoms with E-state index in [0.717, 1.165) is 28.9 Å². The fraction of sp³-hybridized carbons (Fsp3) is 0.300. The number of halogens is 3. The van der Waals surface area contributed by atoms with Crippen molar-refractivity contribution in [2.24, 2.45) is 0 Å². The van der Waals surface area contributed by atoms with E-state index in [9.17, 15) is 22.8 Å². The van der Waals surface area contributed by atoms with Gasteiger partial charge in [-0.15, -0.1) is 0 Å². The van der Waals surface area contributed by atoms with E-state index in [1.54, 1.807) is 7.05 Å². The molecule has 3 N–H and O–H groups in total. The quantitative estimate of drug-likeness (QED) is 0.705. The van der Waals surface area contributed by atoms with E-state index in [0.29, 0.717) is 4.90 Å². The maximum Gasteiger partial charge on any atom is 0.416 e. The summed E-state index contributed by atoms with van der Waals surface area (Å²) in [6, 6.07) is 9.92. The van der Waals surface area contributed by atoms with E-state index < -0.39 is 17.6 Å². The summed E-state index contributed by atoms with van der Waals surface area (Å²) in [5, 5.41) is 5.39. The first-order chi connectivity index (χ1) is 13.1. The number of quaternary nitrogens is 1. The molecule has 0 saturated heterocycles. The Morgan fingerprint density at radius 1 is 0.893 bits per heavy atom. The molecule has 28 heavy (non-hydrogen) atoms. The second-order valence-electron chi connectivity index (χ2n) is 6.75. The molecule has 0 aliphatic carbocycles. The molecule has 0 radical (unpaired) electrons. The Morgan fingerprint density at radius 3 is 1.89 bits per heavy atom. The van der Waals surface area contributed by atoms with E-state index in [4.69, 9.17) is 0 Å². The molecule has 2 aromatic rings. The van der Waals surface area contributed by atoms with Crippen molar-refractivity contribution in [3.05, 3.63) is 59.2 Å². The van der Waals surface area contributed by atoms with Gasteiger partial charge in [0.05, 0.1) is 12.6 Å². The molecule has 150 valence electrons. The number of rotatable bonds is 6. The molecule has 2 rings (SSSR count). The third-order valence-corrected chi connectivity index (χ3v) is 4.17. The van der Waals surface area contributed by atoms with Crippen LogP contribution in [-0.2, 0) is 15.8 Å². The first kappa shape index (κ1) is 21.4. The molecular formula is C20H23F3N3O2+. The van der Waals surface area contributed by atoms with Crippen LogP contribution in [0.25, 0.3) is 0 Å². The van der Waals surface area contributed by atoms with Gasteiger partial charge < -0.3 is 15.5 Å². The van der Waals surface area contributed by atoms with E-state index in [1.165, 1.54) is 12.1 Å². The van der Waals surface area contributed by atoms with Crippen molar-refractivity contribution < 1.29 is 27.7 Å². The molecular weight excluding hydrogens is 371 g/mol. The van der Waals surface area contributed by atoms with Gasteiger partial charge in [-0.2, -0.15) is 13.2 Å². The highest BCUT2D eigenvalue weighted by Gasteiger charge is 2.30. The van der Waals surface area contributed by atoms with Crippen molar-refractivity contribution in [2.45, 2.75) is 20.0 Å². The highest BCUT2D eigenvalue weighted by molar-refractivity contribution is 5.94. The Morgan fingerprint density at radius 2 is 1.39 bits per heavy atom. The number of hydrogen-bond acceptors (Lipinski definition) is 2. The Balaban J connectivity index is 1.86. The van der Waals surface area contributed by atoms with Gasteiger partial charge >= 0.3 is 6.18 Å². The highest BCUT2D eigenvalue weighted by Crippen LogP contribution is 2.29. The van der Waals surface area contributed by atoms with Crippen molar-refractivity contribution in [1.29, 1.82) is 0 Å². The molecule has 0 heterocycles. The number of nitrogens with one attached hydrogen (secondary N) is 3. The van der Waals surface area contributed by atoms with Crippen LogP contribution in [0, 0.1) is 13.8 Å². The second-order valence-corrected chi connectivity index (χ2v) is 6.75. The van der Waals surface area contributed by atoms with Gasteiger partial charge in [0.25, 0.3) is 11.8 Å². The number of para-hydroxylation sites is 1. The minimum atomic E-state index is -4.42. The molecule has 0 fully saturated rings. The molecule has 2 aromatic carbocycles. The SMILES string of the molecule is Cc1cccc(C)c1NC(=O)C[NH+](C)CC(=O)Nc1ccc(C(F)(F)F)cc1. The minimum absolute atomic E-state index is 0.00119. The number of carbonyl (C=O) groups is 2. The molecule has 0 aromatic heterocycles. The van der Waals surface area contributed by atoms with E-state index >= 15 is 0 Å². The van der Waals surface area contributed by atoms with Crippen molar-refractivity contribution in [1.82, 2.24) is 0 Å². The molecule has 5 nitrogen and oxygen atoms in total. The standard InChI is InChI=1S/C20H22F3N3O2/c1-13-5-4-6-14(2)19(13)25-18(28)12-26(3)11-17(27)24-16-9-7-15(8-10-16)20(21,22)23/h4-10H,11-12H2,1-3H3,(H,24,27)(H,25,28)/p+1. The highest BCUT2D eigenvalue weighted by atomic mass is 19.4. The molecule has 2 amide bonds. The van der Waals surface area contributed by atoms with Gasteiger partial charge in [-0.05, 0) is 49.2 Å². The number of likely N-dealkylation sites (N-methyl/N-ethyl adjacent to an activating group) is 1. The number of benzene rings is 2. The van der Waals surface area contributed by atoms with Gasteiger partial charge in [-0.25, -0.2) is 0 Å². The summed E-state index contributed by atoms with van der Waals surface area (Å²) in [7, 11) is 1.69. The van der Waals surface area contributed by atoms with Crippen LogP contribution < -0.4 is 15.5 Å². The monoisotopic (exact) mass is 394 g/mol. The number of aryl methyl sites for hydroxylation is 2. The zero-order chi connectivity index (χ0) is 20.9. The van der Waals surface area contributed by atoms with Gasteiger partial charge in [-0.3, -0.25) is 9.59 Å². The maximum atomic E-state index is 12.6. The Bertz CT molecular complexity index is 829. The Labute approximate surface area is 161 Å². The summed E-state index contributed by atoms with van der Waals surface area (Å²) in [6.07, 6.45) is -4.42. The average Bonchev–Trinajstić information content (AvgIpc) is 2.57. The lowest BCUT2D eigenvalue weighted by Crippen LogP contribution is -3.11. The normalized spacial score (nSPS) is 12.4. The third-order valence-electron chi connectivity index (χ3n) is 4.17. The van der Waals surface area contributed by atoms with E-state index in [-0.39, 0.29) is 24.7 Å². The van der Waals surface area contributed by atoms with E-state index in [2.05, 4.69) is 10.6 Å². The maximum absolute atomic E-state index is 12.6. The lowest BCUT2D eigenvalue weighted by atomic mass is 10.1. The summed E-state index contributed by atoms with van der Waals surface area (Å²) < 4.78 is 37.7. The zero-order valence-corrected chi connectivity index (χ0v) is 15.9. The fourth-order valence-corrected chi connectivity index (χ4v) is 2.75. The topological polar surface area (TPSA) is 62.6 Å². The third kappa shape index (κ3) is 6.09. The Kier molecular flexibility index (Phi) is 6.80. The van der Waals surface area contributed by atoms with Gasteiger partial charge in [0.2, 0.25) is 0 Å². The molecule has 1 atom stereocenters. The average molecular weight is 394 g/mol. The fourth-order valence-electron chi connectivity index (χ4n) is 2.75. The smallest absolute Gasteiger partial charge is 0.322 e. The number of amides is 2. The van der Waals surface area contributed by atoms with Crippen molar-refractivity contribution >= 4 is 23.2 Å². The van der Waals surface area contributed by atoms with Gasteiger partial charge in [0.15, 0.2) is 13.1 Å². The predicted octanol–water partition coefficient (Wildman–Crippen LogP) is 2.41. The number of hydrogen-bond donors (Lipinski definition) is 3. The zero-order valence-electron chi connectivity index (χ0n) is 15.9. The summed E-state index contributed by atoms with van der Waals surface area (Å²) in [5.74, 6) is -0.616. The summed E-state index contributed by atoms with van der Waals surface area (Å²) in [4.78, 5) is 24.9. The van der Waals surface area contributed by atoms with Crippen molar-refractivity contribution in [2.75, 3.05) is 30.8 Å². The van der Waals surface area contributed by atoms with Crippen molar-refractivity contribution in [3.8, 4) is 0 Å². The molecule has 0 aliphatic heterocycles. The Hall–Kier alpha value is -2.87. The molecule has 8 heteroatoms. The summed E-state index contributed by atoms with van der Waals surface area (Å²) in [6.45, 7) is 3.88. The van der Waals surface area contributed by atoms with Crippen LogP contribution in [-0.4, -0.2) is 32.0 Å². The first-order valence-corrected chi connectivity index (χ1v) is 8.70. The molecule has 0 spiro atoms. The second kappa shape index (κ2) is 8.88. The first-order valence-electron chi connectivity index (χ1n) is 8.70.